The van der Waals surface area contributed by atoms with Crippen LogP contribution in [0.3, 0.4) is 0 Å². The highest BCUT2D eigenvalue weighted by molar-refractivity contribution is 5.45. The Morgan fingerprint density at radius 2 is 2.05 bits per heavy atom. The highest BCUT2D eigenvalue weighted by Crippen LogP contribution is 2.25. The van der Waals surface area contributed by atoms with Crippen LogP contribution in [-0.2, 0) is 19.5 Å². The second-order valence-corrected chi connectivity index (χ2v) is 5.43. The van der Waals surface area contributed by atoms with Crippen molar-refractivity contribution in [2.75, 3.05) is 18.5 Å². The summed E-state index contributed by atoms with van der Waals surface area (Å²) in [7, 11) is 1.82. The van der Waals surface area contributed by atoms with E-state index in [1.165, 1.54) is 11.1 Å². The summed E-state index contributed by atoms with van der Waals surface area (Å²) in [6.07, 6.45) is 3.76. The number of aromatic nitrogens is 1. The largest absolute Gasteiger partial charge is 0.350 e. The van der Waals surface area contributed by atoms with E-state index in [1.54, 1.807) is 12.3 Å². The number of halogens is 1. The van der Waals surface area contributed by atoms with Gasteiger partial charge in [-0.1, -0.05) is 24.3 Å². The molecule has 110 valence electrons. The molecule has 0 amide bonds. The molecule has 1 aromatic carbocycles. The maximum atomic E-state index is 14.6. The van der Waals surface area contributed by atoms with Crippen molar-refractivity contribution in [1.82, 2.24) is 10.3 Å². The van der Waals surface area contributed by atoms with E-state index in [1.807, 2.05) is 13.1 Å². The maximum absolute atomic E-state index is 14.6. The fourth-order valence-corrected chi connectivity index (χ4v) is 2.90. The number of fused-ring (bicyclic) bond motifs is 1. The number of hydrogen-bond donors (Lipinski definition) is 1. The number of benzene rings is 1. The molecule has 0 bridgehead atoms. The molecule has 21 heavy (non-hydrogen) atoms. The minimum absolute atomic E-state index is 0.203. The topological polar surface area (TPSA) is 28.2 Å². The van der Waals surface area contributed by atoms with Crippen LogP contribution in [0.1, 0.15) is 23.1 Å². The second-order valence-electron chi connectivity index (χ2n) is 5.43. The van der Waals surface area contributed by atoms with Crippen LogP contribution in [-0.4, -0.2) is 18.6 Å². The monoisotopic (exact) mass is 285 g/mol. The van der Waals surface area contributed by atoms with E-state index >= 15 is 0 Å². The molecule has 2 heterocycles. The molecule has 0 spiro atoms. The van der Waals surface area contributed by atoms with Crippen LogP contribution in [0.5, 0.6) is 0 Å². The van der Waals surface area contributed by atoms with Crippen LogP contribution < -0.4 is 10.2 Å². The Balaban J connectivity index is 1.92. The second kappa shape index (κ2) is 6.22. The smallest absolute Gasteiger partial charge is 0.170 e. The average molecular weight is 285 g/mol. The van der Waals surface area contributed by atoms with E-state index in [2.05, 4.69) is 33.4 Å². The van der Waals surface area contributed by atoms with E-state index < -0.39 is 0 Å². The molecule has 0 atom stereocenters. The number of aryl methyl sites for hydroxylation is 1. The van der Waals surface area contributed by atoms with Crippen molar-refractivity contribution in [3.8, 4) is 0 Å². The molecule has 1 N–H and O–H groups in total. The lowest BCUT2D eigenvalue weighted by atomic mass is 10.0. The van der Waals surface area contributed by atoms with Gasteiger partial charge in [-0.2, -0.15) is 0 Å². The number of rotatable bonds is 3. The first-order valence-electron chi connectivity index (χ1n) is 7.39. The molecule has 1 aliphatic rings. The third kappa shape index (κ3) is 2.90. The van der Waals surface area contributed by atoms with Crippen LogP contribution >= 0.6 is 0 Å². The molecule has 0 saturated carbocycles. The molecular formula is C17H20FN3. The molecular weight excluding hydrogens is 265 g/mol. The van der Waals surface area contributed by atoms with E-state index in [-0.39, 0.29) is 5.82 Å². The quantitative estimate of drug-likeness (QED) is 0.940. The molecule has 4 heteroatoms. The Bertz CT molecular complexity index is 627. The zero-order chi connectivity index (χ0) is 14.7. The summed E-state index contributed by atoms with van der Waals surface area (Å²) < 4.78 is 14.6. The number of pyridine rings is 1. The van der Waals surface area contributed by atoms with Gasteiger partial charge in [0.2, 0.25) is 0 Å². The van der Waals surface area contributed by atoms with Gasteiger partial charge in [-0.05, 0) is 37.1 Å². The van der Waals surface area contributed by atoms with Crippen molar-refractivity contribution in [2.24, 2.45) is 0 Å². The minimum Gasteiger partial charge on any atom is -0.350 e. The number of nitrogens with one attached hydrogen (secondary N) is 1. The lowest BCUT2D eigenvalue weighted by molar-refractivity contribution is 0.583. The van der Waals surface area contributed by atoms with Crippen LogP contribution in [0.25, 0.3) is 0 Å². The highest BCUT2D eigenvalue weighted by atomic mass is 19.1. The molecule has 1 aromatic heterocycles. The van der Waals surface area contributed by atoms with Gasteiger partial charge < -0.3 is 10.2 Å². The summed E-state index contributed by atoms with van der Waals surface area (Å²) in [5, 5.41) is 3.00. The van der Waals surface area contributed by atoms with Crippen molar-refractivity contribution in [2.45, 2.75) is 25.9 Å². The molecule has 2 aromatic rings. The van der Waals surface area contributed by atoms with Gasteiger partial charge in [-0.15, -0.1) is 0 Å². The van der Waals surface area contributed by atoms with E-state index in [0.717, 1.165) is 25.9 Å². The van der Waals surface area contributed by atoms with Gasteiger partial charge in [-0.25, -0.2) is 9.37 Å². The van der Waals surface area contributed by atoms with Crippen molar-refractivity contribution < 1.29 is 4.39 Å². The van der Waals surface area contributed by atoms with Gasteiger partial charge in [0.1, 0.15) is 0 Å². The summed E-state index contributed by atoms with van der Waals surface area (Å²) >= 11 is 0. The van der Waals surface area contributed by atoms with Crippen LogP contribution in [0.2, 0.25) is 0 Å². The zero-order valence-electron chi connectivity index (χ0n) is 12.3. The molecule has 0 radical (unpaired) electrons. The van der Waals surface area contributed by atoms with Crippen LogP contribution in [0.4, 0.5) is 10.2 Å². The van der Waals surface area contributed by atoms with Crippen molar-refractivity contribution in [1.29, 1.82) is 0 Å². The summed E-state index contributed by atoms with van der Waals surface area (Å²) in [5.74, 6) is 0.269. The fraction of sp³-hybridized carbons (Fsp3) is 0.353. The first-order valence-corrected chi connectivity index (χ1v) is 7.39. The summed E-state index contributed by atoms with van der Waals surface area (Å²) in [4.78, 5) is 6.34. The van der Waals surface area contributed by atoms with Crippen LogP contribution in [0, 0.1) is 5.82 Å². The van der Waals surface area contributed by atoms with Gasteiger partial charge in [0.25, 0.3) is 0 Å². The Kier molecular flexibility index (Phi) is 4.15. The van der Waals surface area contributed by atoms with Crippen LogP contribution in [0.15, 0.2) is 36.5 Å². The third-order valence-electron chi connectivity index (χ3n) is 3.97. The van der Waals surface area contributed by atoms with E-state index in [9.17, 15) is 4.39 Å². The average Bonchev–Trinajstić information content (AvgIpc) is 2.72. The summed E-state index contributed by atoms with van der Waals surface area (Å²) in [6, 6.07) is 10.1. The zero-order valence-corrected chi connectivity index (χ0v) is 12.3. The standard InChI is InChI=1S/C17H20FN3/c1-19-11-14-8-9-20-17(16(14)18)21-10-4-7-13-5-2-3-6-15(13)12-21/h2-3,5-6,8-9,19H,4,7,10-12H2,1H3. The van der Waals surface area contributed by atoms with Gasteiger partial charge >= 0.3 is 0 Å². The van der Waals surface area contributed by atoms with E-state index in [4.69, 9.17) is 0 Å². The normalized spacial score (nSPS) is 14.7. The highest BCUT2D eigenvalue weighted by Gasteiger charge is 2.19. The summed E-state index contributed by atoms with van der Waals surface area (Å²) in [5.41, 5.74) is 3.31. The van der Waals surface area contributed by atoms with E-state index in [0.29, 0.717) is 17.9 Å². The number of anilines is 1. The Labute approximate surface area is 124 Å². The van der Waals surface area contributed by atoms with Crippen molar-refractivity contribution in [3.63, 3.8) is 0 Å². The maximum Gasteiger partial charge on any atom is 0.170 e. The predicted molar refractivity (Wildman–Crippen MR) is 82.8 cm³/mol. The Morgan fingerprint density at radius 1 is 1.24 bits per heavy atom. The molecule has 3 rings (SSSR count). The van der Waals surface area contributed by atoms with Crippen molar-refractivity contribution in [3.05, 3.63) is 59.0 Å². The first kappa shape index (κ1) is 14.0. The lowest BCUT2D eigenvalue weighted by Gasteiger charge is -2.23. The minimum atomic E-state index is -0.203. The molecule has 0 unspecified atom stereocenters. The van der Waals surface area contributed by atoms with Crippen molar-refractivity contribution >= 4 is 5.82 Å². The molecule has 1 aliphatic heterocycles. The van der Waals surface area contributed by atoms with Gasteiger partial charge in [0.05, 0.1) is 0 Å². The molecule has 0 fully saturated rings. The first-order chi connectivity index (χ1) is 10.3. The Morgan fingerprint density at radius 3 is 2.86 bits per heavy atom. The van der Waals surface area contributed by atoms with Gasteiger partial charge in [-0.3, -0.25) is 0 Å². The SMILES string of the molecule is CNCc1ccnc(N2CCCc3ccccc3C2)c1F. The number of nitrogens with zero attached hydrogens (tertiary/aromatic N) is 2. The van der Waals surface area contributed by atoms with Gasteiger partial charge in [0.15, 0.2) is 11.6 Å². The Hall–Kier alpha value is -1.94. The predicted octanol–water partition coefficient (Wildman–Crippen LogP) is 2.89. The lowest BCUT2D eigenvalue weighted by Crippen LogP contribution is -2.25. The third-order valence-corrected chi connectivity index (χ3v) is 3.97. The number of hydrogen-bond acceptors (Lipinski definition) is 3. The molecule has 0 aliphatic carbocycles. The van der Waals surface area contributed by atoms with Gasteiger partial charge in [0, 0.05) is 31.4 Å². The summed E-state index contributed by atoms with van der Waals surface area (Å²) in [6.45, 7) is 2.08. The molecule has 3 nitrogen and oxygen atoms in total. The molecule has 0 saturated heterocycles. The fourth-order valence-electron chi connectivity index (χ4n) is 2.90.